The highest BCUT2D eigenvalue weighted by atomic mass is 35.5. The number of nitrogen functional groups attached to an aromatic ring is 1. The molecule has 0 bridgehead atoms. The number of rotatable bonds is 5. The van der Waals surface area contributed by atoms with Crippen molar-refractivity contribution in [2.24, 2.45) is 0 Å². The number of nitrogens with two attached hydrogens (primary N) is 1. The van der Waals surface area contributed by atoms with E-state index in [1.54, 1.807) is 0 Å². The standard InChI is InChI=1S/C15H18ClN3O/c1-3-20-15-13(17)8-9-14(18-15)19(2)10-11-4-6-12(16)7-5-11/h4-9H,3,10,17H2,1-2H3. The molecule has 0 unspecified atom stereocenters. The molecule has 0 atom stereocenters. The molecule has 2 N–H and O–H groups in total. The number of halogens is 1. The number of benzene rings is 1. The minimum Gasteiger partial charge on any atom is -0.476 e. The van der Waals surface area contributed by atoms with Gasteiger partial charge >= 0.3 is 0 Å². The van der Waals surface area contributed by atoms with Gasteiger partial charge < -0.3 is 15.4 Å². The van der Waals surface area contributed by atoms with E-state index in [1.807, 2.05) is 55.3 Å². The monoisotopic (exact) mass is 291 g/mol. The number of anilines is 2. The van der Waals surface area contributed by atoms with Crippen molar-refractivity contribution in [3.05, 3.63) is 47.0 Å². The lowest BCUT2D eigenvalue weighted by atomic mass is 10.2. The van der Waals surface area contributed by atoms with Crippen molar-refractivity contribution in [1.29, 1.82) is 0 Å². The molecule has 2 rings (SSSR count). The molecule has 0 radical (unpaired) electrons. The van der Waals surface area contributed by atoms with Crippen LogP contribution in [0, 0.1) is 0 Å². The maximum Gasteiger partial charge on any atom is 0.239 e. The van der Waals surface area contributed by atoms with E-state index < -0.39 is 0 Å². The lowest BCUT2D eigenvalue weighted by molar-refractivity contribution is 0.329. The average molecular weight is 292 g/mol. The summed E-state index contributed by atoms with van der Waals surface area (Å²) in [4.78, 5) is 6.46. The third-order valence-corrected chi connectivity index (χ3v) is 3.13. The Kier molecular flexibility index (Phi) is 4.69. The molecule has 0 fully saturated rings. The zero-order chi connectivity index (χ0) is 14.5. The molecule has 5 heteroatoms. The maximum atomic E-state index is 5.88. The predicted octanol–water partition coefficient (Wildman–Crippen LogP) is 3.35. The SMILES string of the molecule is CCOc1nc(N(C)Cc2ccc(Cl)cc2)ccc1N. The van der Waals surface area contributed by atoms with Gasteiger partial charge in [-0.05, 0) is 36.8 Å². The molecular formula is C15H18ClN3O. The molecule has 0 aliphatic carbocycles. The molecule has 0 aliphatic heterocycles. The summed E-state index contributed by atoms with van der Waals surface area (Å²) in [7, 11) is 1.98. The summed E-state index contributed by atoms with van der Waals surface area (Å²) < 4.78 is 5.41. The van der Waals surface area contributed by atoms with Crippen LogP contribution in [-0.2, 0) is 6.54 Å². The van der Waals surface area contributed by atoms with Crippen molar-refractivity contribution in [2.75, 3.05) is 24.3 Å². The van der Waals surface area contributed by atoms with E-state index in [-0.39, 0.29) is 0 Å². The van der Waals surface area contributed by atoms with Gasteiger partial charge in [-0.15, -0.1) is 0 Å². The second kappa shape index (κ2) is 6.48. The van der Waals surface area contributed by atoms with Gasteiger partial charge in [0.2, 0.25) is 5.88 Å². The molecule has 4 nitrogen and oxygen atoms in total. The third kappa shape index (κ3) is 3.54. The Morgan fingerprint density at radius 1 is 1.20 bits per heavy atom. The van der Waals surface area contributed by atoms with Crippen LogP contribution in [0.1, 0.15) is 12.5 Å². The van der Waals surface area contributed by atoms with Gasteiger partial charge in [0.05, 0.1) is 12.3 Å². The van der Waals surface area contributed by atoms with Gasteiger partial charge in [-0.3, -0.25) is 0 Å². The van der Waals surface area contributed by atoms with E-state index >= 15 is 0 Å². The minimum absolute atomic E-state index is 0.480. The molecule has 0 saturated carbocycles. The molecule has 0 saturated heterocycles. The summed E-state index contributed by atoms with van der Waals surface area (Å²) in [6.45, 7) is 3.19. The van der Waals surface area contributed by atoms with Gasteiger partial charge in [0.1, 0.15) is 5.82 Å². The van der Waals surface area contributed by atoms with Crippen LogP contribution in [0.5, 0.6) is 5.88 Å². The molecule has 1 heterocycles. The quantitative estimate of drug-likeness (QED) is 0.918. The molecule has 1 aromatic carbocycles. The number of pyridine rings is 1. The number of ether oxygens (including phenoxy) is 1. The first kappa shape index (κ1) is 14.5. The Morgan fingerprint density at radius 3 is 2.55 bits per heavy atom. The van der Waals surface area contributed by atoms with Crippen LogP contribution in [0.25, 0.3) is 0 Å². The number of hydrogen-bond donors (Lipinski definition) is 1. The smallest absolute Gasteiger partial charge is 0.239 e. The van der Waals surface area contributed by atoms with Gasteiger partial charge in [0.25, 0.3) is 0 Å². The van der Waals surface area contributed by atoms with Gasteiger partial charge in [-0.25, -0.2) is 0 Å². The first-order chi connectivity index (χ1) is 9.60. The Hall–Kier alpha value is -1.94. The molecular weight excluding hydrogens is 274 g/mol. The number of nitrogens with zero attached hydrogens (tertiary/aromatic N) is 2. The first-order valence-corrected chi connectivity index (χ1v) is 6.83. The van der Waals surface area contributed by atoms with E-state index in [2.05, 4.69) is 4.98 Å². The van der Waals surface area contributed by atoms with Gasteiger partial charge in [-0.1, -0.05) is 23.7 Å². The van der Waals surface area contributed by atoms with Crippen molar-refractivity contribution in [1.82, 2.24) is 4.98 Å². The summed E-state index contributed by atoms with van der Waals surface area (Å²) in [5.41, 5.74) is 7.54. The lowest BCUT2D eigenvalue weighted by Gasteiger charge is -2.19. The van der Waals surface area contributed by atoms with Crippen LogP contribution < -0.4 is 15.4 Å². The van der Waals surface area contributed by atoms with Crippen LogP contribution in [0.4, 0.5) is 11.5 Å². The zero-order valence-electron chi connectivity index (χ0n) is 11.6. The lowest BCUT2D eigenvalue weighted by Crippen LogP contribution is -2.18. The van der Waals surface area contributed by atoms with Crippen molar-refractivity contribution in [3.8, 4) is 5.88 Å². The van der Waals surface area contributed by atoms with E-state index in [9.17, 15) is 0 Å². The van der Waals surface area contributed by atoms with Crippen molar-refractivity contribution >= 4 is 23.1 Å². The van der Waals surface area contributed by atoms with Crippen LogP contribution in [0.15, 0.2) is 36.4 Å². The normalized spacial score (nSPS) is 10.3. The second-order valence-electron chi connectivity index (χ2n) is 4.48. The topological polar surface area (TPSA) is 51.4 Å². The predicted molar refractivity (Wildman–Crippen MR) is 83.4 cm³/mol. The van der Waals surface area contributed by atoms with Crippen molar-refractivity contribution in [2.45, 2.75) is 13.5 Å². The van der Waals surface area contributed by atoms with Crippen LogP contribution in [0.2, 0.25) is 5.02 Å². The van der Waals surface area contributed by atoms with Crippen LogP contribution in [-0.4, -0.2) is 18.6 Å². The Balaban J connectivity index is 2.14. The molecule has 20 heavy (non-hydrogen) atoms. The highest BCUT2D eigenvalue weighted by molar-refractivity contribution is 6.30. The highest BCUT2D eigenvalue weighted by Gasteiger charge is 2.08. The largest absolute Gasteiger partial charge is 0.476 e. The van der Waals surface area contributed by atoms with Gasteiger partial charge in [0, 0.05) is 18.6 Å². The Labute approximate surface area is 124 Å². The molecule has 106 valence electrons. The van der Waals surface area contributed by atoms with Crippen molar-refractivity contribution in [3.63, 3.8) is 0 Å². The van der Waals surface area contributed by atoms with E-state index in [0.29, 0.717) is 18.2 Å². The summed E-state index contributed by atoms with van der Waals surface area (Å²) in [5.74, 6) is 1.30. The van der Waals surface area contributed by atoms with Crippen LogP contribution in [0.3, 0.4) is 0 Å². The van der Waals surface area contributed by atoms with Crippen LogP contribution >= 0.6 is 11.6 Å². The van der Waals surface area contributed by atoms with E-state index in [1.165, 1.54) is 0 Å². The molecule has 2 aromatic rings. The summed E-state index contributed by atoms with van der Waals surface area (Å²) in [5, 5.41) is 0.737. The second-order valence-corrected chi connectivity index (χ2v) is 4.92. The minimum atomic E-state index is 0.480. The highest BCUT2D eigenvalue weighted by Crippen LogP contribution is 2.23. The van der Waals surface area contributed by atoms with E-state index in [4.69, 9.17) is 22.1 Å². The van der Waals surface area contributed by atoms with Gasteiger partial charge in [-0.2, -0.15) is 4.98 Å². The fourth-order valence-electron chi connectivity index (χ4n) is 1.85. The fraction of sp³-hybridized carbons (Fsp3) is 0.267. The summed E-state index contributed by atoms with van der Waals surface area (Å²) in [6, 6.07) is 11.5. The first-order valence-electron chi connectivity index (χ1n) is 6.45. The molecule has 0 aliphatic rings. The zero-order valence-corrected chi connectivity index (χ0v) is 12.4. The molecule has 0 spiro atoms. The summed E-state index contributed by atoms with van der Waals surface area (Å²) in [6.07, 6.45) is 0. The van der Waals surface area contributed by atoms with E-state index in [0.717, 1.165) is 22.9 Å². The Bertz CT molecular complexity index is 572. The maximum absolute atomic E-state index is 5.88. The molecule has 0 amide bonds. The van der Waals surface area contributed by atoms with Crippen molar-refractivity contribution < 1.29 is 4.74 Å². The average Bonchev–Trinajstić information content (AvgIpc) is 2.44. The van der Waals surface area contributed by atoms with Gasteiger partial charge in [0.15, 0.2) is 0 Å². The summed E-state index contributed by atoms with van der Waals surface area (Å²) >= 11 is 5.88. The fourth-order valence-corrected chi connectivity index (χ4v) is 1.98. The Morgan fingerprint density at radius 2 is 1.90 bits per heavy atom. The third-order valence-electron chi connectivity index (χ3n) is 2.88. The number of hydrogen-bond acceptors (Lipinski definition) is 4. The molecule has 1 aromatic heterocycles. The number of aromatic nitrogens is 1.